The van der Waals surface area contributed by atoms with Crippen LogP contribution in [0.1, 0.15) is 68.2 Å². The van der Waals surface area contributed by atoms with E-state index in [0.717, 1.165) is 12.8 Å². The molecule has 1 aliphatic heterocycles. The van der Waals surface area contributed by atoms with Crippen molar-refractivity contribution in [2.45, 2.75) is 117 Å². The van der Waals surface area contributed by atoms with Gasteiger partial charge in [0.05, 0.1) is 24.6 Å². The van der Waals surface area contributed by atoms with Crippen LogP contribution in [0.5, 0.6) is 0 Å². The van der Waals surface area contributed by atoms with Gasteiger partial charge >= 0.3 is 0 Å². The molecule has 0 fully saturated rings. The maximum atomic E-state index is 6.79. The summed E-state index contributed by atoms with van der Waals surface area (Å²) in [6.07, 6.45) is 2.15. The molecular formula is C21H44O3Si2. The molecule has 0 radical (unpaired) electrons. The van der Waals surface area contributed by atoms with Crippen LogP contribution in [0.25, 0.3) is 0 Å². The van der Waals surface area contributed by atoms with Gasteiger partial charge in [-0.1, -0.05) is 48.5 Å². The fourth-order valence-corrected chi connectivity index (χ4v) is 7.03. The maximum absolute atomic E-state index is 6.79. The first-order valence-electron chi connectivity index (χ1n) is 10.6. The zero-order chi connectivity index (χ0) is 20.2. The summed E-state index contributed by atoms with van der Waals surface area (Å²) in [4.78, 5) is 0. The second kappa shape index (κ2) is 9.40. The first kappa shape index (κ1) is 23.9. The van der Waals surface area contributed by atoms with Gasteiger partial charge in [-0.05, 0) is 55.2 Å². The van der Waals surface area contributed by atoms with E-state index >= 15 is 0 Å². The Labute approximate surface area is 165 Å². The van der Waals surface area contributed by atoms with Crippen molar-refractivity contribution in [1.82, 2.24) is 0 Å². The fraction of sp³-hybridized carbons (Fsp3) is 0.905. The highest BCUT2D eigenvalue weighted by atomic mass is 28.4. The largest absolute Gasteiger partial charge is 0.546 e. The number of ether oxygens (including phenoxy) is 1. The van der Waals surface area contributed by atoms with Crippen LogP contribution in [0.3, 0.4) is 0 Å². The van der Waals surface area contributed by atoms with Crippen molar-refractivity contribution in [3.8, 4) is 0 Å². The highest BCUT2D eigenvalue weighted by molar-refractivity contribution is 6.74. The van der Waals surface area contributed by atoms with E-state index in [1.165, 1.54) is 29.5 Å². The molecular weight excluding hydrogens is 356 g/mol. The Balaban J connectivity index is 2.92. The summed E-state index contributed by atoms with van der Waals surface area (Å²) in [5.74, 6) is 1.21. The summed E-state index contributed by atoms with van der Waals surface area (Å²) >= 11 is 0. The van der Waals surface area contributed by atoms with E-state index in [9.17, 15) is 0 Å². The second-order valence-corrected chi connectivity index (χ2v) is 18.9. The van der Waals surface area contributed by atoms with Crippen LogP contribution >= 0.6 is 0 Å². The normalized spacial score (nSPS) is 22.7. The van der Waals surface area contributed by atoms with Gasteiger partial charge in [-0.15, -0.1) is 0 Å². The summed E-state index contributed by atoms with van der Waals surface area (Å²) in [6, 6.07) is 3.54. The Morgan fingerprint density at radius 3 is 2.00 bits per heavy atom. The molecule has 1 aliphatic rings. The molecule has 0 spiro atoms. The number of hydrogen-bond donors (Lipinski definition) is 0. The molecule has 154 valence electrons. The molecule has 2 atom stereocenters. The SMILES string of the molecule is CC[C@H]1O[C@@H](CO[Si](C)(C)C(C)(C)C)CC(O[Si](CC)(CC)CC)=C1C. The molecule has 0 saturated heterocycles. The molecule has 3 nitrogen and oxygen atoms in total. The van der Waals surface area contributed by atoms with Crippen LogP contribution < -0.4 is 0 Å². The van der Waals surface area contributed by atoms with Crippen molar-refractivity contribution >= 4 is 16.6 Å². The molecule has 0 aromatic heterocycles. The van der Waals surface area contributed by atoms with Crippen LogP contribution in [0, 0.1) is 0 Å². The van der Waals surface area contributed by atoms with E-state index in [1.54, 1.807) is 0 Å². The highest BCUT2D eigenvalue weighted by Crippen LogP contribution is 2.38. The molecule has 0 aromatic carbocycles. The fourth-order valence-electron chi connectivity index (χ4n) is 3.30. The summed E-state index contributed by atoms with van der Waals surface area (Å²) in [5.41, 5.74) is 1.31. The first-order chi connectivity index (χ1) is 11.9. The predicted molar refractivity (Wildman–Crippen MR) is 118 cm³/mol. The van der Waals surface area contributed by atoms with Gasteiger partial charge in [0.15, 0.2) is 8.32 Å². The molecule has 26 heavy (non-hydrogen) atoms. The van der Waals surface area contributed by atoms with Gasteiger partial charge in [-0.25, -0.2) is 0 Å². The smallest absolute Gasteiger partial charge is 0.250 e. The van der Waals surface area contributed by atoms with Crippen molar-refractivity contribution in [2.75, 3.05) is 6.61 Å². The van der Waals surface area contributed by atoms with Gasteiger partial charge in [-0.2, -0.15) is 0 Å². The molecule has 0 N–H and O–H groups in total. The average molecular weight is 401 g/mol. The van der Waals surface area contributed by atoms with Gasteiger partial charge in [-0.3, -0.25) is 0 Å². The van der Waals surface area contributed by atoms with E-state index in [1.807, 2.05) is 0 Å². The van der Waals surface area contributed by atoms with E-state index in [-0.39, 0.29) is 17.2 Å². The maximum Gasteiger partial charge on any atom is 0.250 e. The monoisotopic (exact) mass is 400 g/mol. The van der Waals surface area contributed by atoms with Crippen molar-refractivity contribution < 1.29 is 13.6 Å². The van der Waals surface area contributed by atoms with Gasteiger partial charge in [0.1, 0.15) is 0 Å². The van der Waals surface area contributed by atoms with E-state index < -0.39 is 16.6 Å². The van der Waals surface area contributed by atoms with Crippen LogP contribution in [0.15, 0.2) is 11.3 Å². The first-order valence-corrected chi connectivity index (χ1v) is 16.1. The third-order valence-corrected chi connectivity index (χ3v) is 15.8. The zero-order valence-electron chi connectivity index (χ0n) is 19.1. The molecule has 0 bridgehead atoms. The van der Waals surface area contributed by atoms with Gasteiger partial charge in [0.25, 0.3) is 0 Å². The summed E-state index contributed by atoms with van der Waals surface area (Å²) < 4.78 is 19.6. The number of hydrogen-bond acceptors (Lipinski definition) is 3. The summed E-state index contributed by atoms with van der Waals surface area (Å²) in [5, 5.41) is 0.228. The van der Waals surface area contributed by atoms with Gasteiger partial charge in [0.2, 0.25) is 8.32 Å². The van der Waals surface area contributed by atoms with Crippen molar-refractivity contribution in [3.63, 3.8) is 0 Å². The highest BCUT2D eigenvalue weighted by Gasteiger charge is 2.39. The number of rotatable bonds is 9. The minimum absolute atomic E-state index is 0.116. The topological polar surface area (TPSA) is 27.7 Å². The van der Waals surface area contributed by atoms with Gasteiger partial charge < -0.3 is 13.6 Å². The second-order valence-electron chi connectivity index (χ2n) is 9.38. The lowest BCUT2D eigenvalue weighted by Gasteiger charge is -2.40. The van der Waals surface area contributed by atoms with Gasteiger partial charge in [0, 0.05) is 6.42 Å². The Morgan fingerprint density at radius 1 is 1.04 bits per heavy atom. The summed E-state index contributed by atoms with van der Waals surface area (Å²) in [6.45, 7) is 23.5. The average Bonchev–Trinajstić information content (AvgIpc) is 2.59. The predicted octanol–water partition coefficient (Wildman–Crippen LogP) is 6.87. The van der Waals surface area contributed by atoms with E-state index in [0.29, 0.717) is 6.61 Å². The molecule has 1 heterocycles. The minimum Gasteiger partial charge on any atom is -0.546 e. The molecule has 0 amide bonds. The molecule has 0 saturated carbocycles. The standard InChI is InChI=1S/C21H44O3Si2/c1-11-19-17(5)20(24-26(12-2,13-3)14-4)15-18(23-19)16-22-25(9,10)21(6,7)8/h18-19H,11-16H2,1-10H3/t18-,19-/m1/s1. The van der Waals surface area contributed by atoms with E-state index in [2.05, 4.69) is 68.5 Å². The molecule has 0 aliphatic carbocycles. The molecule has 5 heteroatoms. The van der Waals surface area contributed by atoms with Crippen molar-refractivity contribution in [1.29, 1.82) is 0 Å². The third-order valence-electron chi connectivity index (χ3n) is 6.77. The summed E-state index contributed by atoms with van der Waals surface area (Å²) in [7, 11) is -3.41. The Kier molecular flexibility index (Phi) is 8.65. The van der Waals surface area contributed by atoms with Crippen molar-refractivity contribution in [2.24, 2.45) is 0 Å². The quantitative estimate of drug-likeness (QED) is 0.395. The molecule has 1 rings (SSSR count). The Hall–Kier alpha value is -0.106. The lowest BCUT2D eigenvalue weighted by atomic mass is 10.0. The molecule has 0 unspecified atom stereocenters. The minimum atomic E-state index is -1.76. The van der Waals surface area contributed by atoms with Crippen LogP contribution in [0.2, 0.25) is 36.3 Å². The van der Waals surface area contributed by atoms with Crippen LogP contribution in [-0.2, 0) is 13.6 Å². The third kappa shape index (κ3) is 5.69. The van der Waals surface area contributed by atoms with Crippen LogP contribution in [0.4, 0.5) is 0 Å². The van der Waals surface area contributed by atoms with E-state index in [4.69, 9.17) is 13.6 Å². The lowest BCUT2D eigenvalue weighted by Crippen LogP contribution is -2.45. The van der Waals surface area contributed by atoms with Crippen LogP contribution in [-0.4, -0.2) is 35.4 Å². The lowest BCUT2D eigenvalue weighted by molar-refractivity contribution is -0.0394. The van der Waals surface area contributed by atoms with Crippen molar-refractivity contribution in [3.05, 3.63) is 11.3 Å². The zero-order valence-corrected chi connectivity index (χ0v) is 21.1. The molecule has 0 aromatic rings. The Morgan fingerprint density at radius 2 is 1.58 bits per heavy atom. The Bertz CT molecular complexity index is 468.